The Bertz CT molecular complexity index is 1450. The van der Waals surface area contributed by atoms with Gasteiger partial charge in [0.1, 0.15) is 0 Å². The second-order valence-electron chi connectivity index (χ2n) is 12.4. The first-order valence-corrected chi connectivity index (χ1v) is 17.3. The van der Waals surface area contributed by atoms with Crippen LogP contribution in [0.15, 0.2) is 29.1 Å². The Morgan fingerprint density at radius 3 is 1.60 bits per heavy atom. The molecule has 248 valence electrons. The summed E-state index contributed by atoms with van der Waals surface area (Å²) >= 11 is 0. The van der Waals surface area contributed by atoms with Gasteiger partial charge < -0.3 is 25.0 Å². The third-order valence-corrected chi connectivity index (χ3v) is 8.92. The van der Waals surface area contributed by atoms with Crippen LogP contribution in [0, 0.1) is 0 Å². The molecule has 1 heterocycles. The van der Waals surface area contributed by atoms with Crippen LogP contribution < -0.4 is 5.56 Å². The van der Waals surface area contributed by atoms with Gasteiger partial charge in [0.15, 0.2) is 0 Å². The molecule has 8 heteroatoms. The second kappa shape index (κ2) is 18.7. The van der Waals surface area contributed by atoms with Crippen molar-refractivity contribution >= 4 is 33.6 Å². The zero-order chi connectivity index (χ0) is 32.8. The molecule has 3 N–H and O–H groups in total. The minimum absolute atomic E-state index is 0.0537. The lowest BCUT2D eigenvalue weighted by molar-refractivity contribution is 0.0685. The minimum atomic E-state index is -1.09. The number of carbonyl (C=O) groups is 2. The molecule has 0 radical (unpaired) electrons. The number of rotatable bonds is 22. The van der Waals surface area contributed by atoms with Crippen molar-refractivity contribution in [2.45, 2.75) is 105 Å². The molecule has 0 unspecified atom stereocenters. The summed E-state index contributed by atoms with van der Waals surface area (Å²) in [5.74, 6) is -2.08. The number of pyridine rings is 1. The smallest absolute Gasteiger partial charge is 0.336 e. The van der Waals surface area contributed by atoms with Gasteiger partial charge in [-0.3, -0.25) is 4.79 Å². The molecule has 45 heavy (non-hydrogen) atoms. The number of fused-ring (bicyclic) bond motifs is 3. The van der Waals surface area contributed by atoms with E-state index in [1.807, 2.05) is 0 Å². The number of hydrogen-bond donors (Lipinski definition) is 3. The summed E-state index contributed by atoms with van der Waals surface area (Å²) in [6.45, 7) is 14.9. The van der Waals surface area contributed by atoms with Crippen LogP contribution in [0.25, 0.3) is 21.7 Å². The zero-order valence-electron chi connectivity index (χ0n) is 28.1. The molecule has 0 aliphatic heterocycles. The van der Waals surface area contributed by atoms with Gasteiger partial charge in [-0.25, -0.2) is 9.59 Å². The Morgan fingerprint density at radius 2 is 1.13 bits per heavy atom. The van der Waals surface area contributed by atoms with E-state index in [1.54, 1.807) is 12.1 Å². The SMILES string of the molecule is CCCCN(CCCC)CCCc1c(C(=O)O)cc2[nH]c(=O)c3cc(C(=O)O)ccc3c2c1CCCN(CCCC)CCCC. The summed E-state index contributed by atoms with van der Waals surface area (Å²) in [5.41, 5.74) is 2.19. The Labute approximate surface area is 268 Å². The zero-order valence-corrected chi connectivity index (χ0v) is 28.1. The Hall–Kier alpha value is -3.23. The van der Waals surface area contributed by atoms with Crippen molar-refractivity contribution in [3.63, 3.8) is 0 Å². The molecule has 2 aromatic carbocycles. The van der Waals surface area contributed by atoms with Crippen LogP contribution in [0.4, 0.5) is 0 Å². The molecule has 0 saturated heterocycles. The number of benzene rings is 2. The minimum Gasteiger partial charge on any atom is -0.478 e. The molecule has 0 spiro atoms. The lowest BCUT2D eigenvalue weighted by Crippen LogP contribution is -2.28. The molecular weight excluding hydrogens is 566 g/mol. The fourth-order valence-electron chi connectivity index (χ4n) is 6.37. The highest BCUT2D eigenvalue weighted by Crippen LogP contribution is 2.32. The Morgan fingerprint density at radius 1 is 0.644 bits per heavy atom. The topological polar surface area (TPSA) is 114 Å². The van der Waals surface area contributed by atoms with E-state index in [0.717, 1.165) is 120 Å². The Kier molecular flexibility index (Phi) is 15.0. The number of aromatic carboxylic acids is 2. The Balaban J connectivity index is 2.11. The maximum atomic E-state index is 13.2. The summed E-state index contributed by atoms with van der Waals surface area (Å²) in [6, 6.07) is 6.30. The molecule has 8 nitrogen and oxygen atoms in total. The monoisotopic (exact) mass is 621 g/mol. The summed E-state index contributed by atoms with van der Waals surface area (Å²) in [4.78, 5) is 45.5. The average Bonchev–Trinajstić information content (AvgIpc) is 3.03. The van der Waals surface area contributed by atoms with E-state index < -0.39 is 17.5 Å². The van der Waals surface area contributed by atoms with Gasteiger partial charge in [-0.1, -0.05) is 59.4 Å². The van der Waals surface area contributed by atoms with Crippen LogP contribution in [0.2, 0.25) is 0 Å². The van der Waals surface area contributed by atoms with Gasteiger partial charge >= 0.3 is 11.9 Å². The van der Waals surface area contributed by atoms with E-state index in [2.05, 4.69) is 42.5 Å². The van der Waals surface area contributed by atoms with Crippen molar-refractivity contribution in [3.05, 3.63) is 56.9 Å². The van der Waals surface area contributed by atoms with E-state index in [-0.39, 0.29) is 11.1 Å². The first kappa shape index (κ1) is 36.2. The van der Waals surface area contributed by atoms with Crippen LogP contribution in [-0.4, -0.2) is 76.2 Å². The lowest BCUT2D eigenvalue weighted by Gasteiger charge is -2.24. The van der Waals surface area contributed by atoms with E-state index in [0.29, 0.717) is 29.1 Å². The highest BCUT2D eigenvalue weighted by Gasteiger charge is 2.22. The van der Waals surface area contributed by atoms with Crippen LogP contribution in [-0.2, 0) is 12.8 Å². The molecule has 0 atom stereocenters. The third kappa shape index (κ3) is 10.1. The summed E-state index contributed by atoms with van der Waals surface area (Å²) in [6.07, 6.45) is 12.2. The number of hydrogen-bond acceptors (Lipinski definition) is 5. The van der Waals surface area contributed by atoms with Gasteiger partial charge in [0.25, 0.3) is 5.56 Å². The maximum absolute atomic E-state index is 13.2. The number of unbranched alkanes of at least 4 members (excludes halogenated alkanes) is 4. The predicted molar refractivity (Wildman–Crippen MR) is 185 cm³/mol. The number of nitrogens with one attached hydrogen (secondary N) is 1. The first-order valence-electron chi connectivity index (χ1n) is 17.3. The van der Waals surface area contributed by atoms with Gasteiger partial charge in [0.2, 0.25) is 0 Å². The van der Waals surface area contributed by atoms with E-state index in [1.165, 1.54) is 12.1 Å². The van der Waals surface area contributed by atoms with Crippen LogP contribution in [0.5, 0.6) is 0 Å². The van der Waals surface area contributed by atoms with Gasteiger partial charge in [-0.05, 0) is 125 Å². The van der Waals surface area contributed by atoms with Gasteiger partial charge in [0.05, 0.1) is 16.6 Å². The maximum Gasteiger partial charge on any atom is 0.336 e. The second-order valence-corrected chi connectivity index (χ2v) is 12.4. The number of H-pyrrole nitrogens is 1. The van der Waals surface area contributed by atoms with Gasteiger partial charge in [-0.15, -0.1) is 0 Å². The van der Waals surface area contributed by atoms with Crippen LogP contribution in [0.3, 0.4) is 0 Å². The molecule has 0 aliphatic rings. The van der Waals surface area contributed by atoms with Crippen molar-refractivity contribution in [3.8, 4) is 0 Å². The molecule has 0 amide bonds. The van der Waals surface area contributed by atoms with Gasteiger partial charge in [0, 0.05) is 10.8 Å². The van der Waals surface area contributed by atoms with Crippen molar-refractivity contribution < 1.29 is 19.8 Å². The molecule has 0 fully saturated rings. The summed E-state index contributed by atoms with van der Waals surface area (Å²) < 4.78 is 0. The molecule has 0 saturated carbocycles. The third-order valence-electron chi connectivity index (χ3n) is 8.92. The van der Waals surface area contributed by atoms with Crippen LogP contribution >= 0.6 is 0 Å². The largest absolute Gasteiger partial charge is 0.478 e. The van der Waals surface area contributed by atoms with Gasteiger partial charge in [-0.2, -0.15) is 0 Å². The normalized spacial score (nSPS) is 11.8. The van der Waals surface area contributed by atoms with Crippen molar-refractivity contribution in [1.29, 1.82) is 0 Å². The molecule has 3 rings (SSSR count). The number of aromatic nitrogens is 1. The fourth-order valence-corrected chi connectivity index (χ4v) is 6.37. The molecule has 0 bridgehead atoms. The van der Waals surface area contributed by atoms with Crippen molar-refractivity contribution in [2.24, 2.45) is 0 Å². The molecule has 0 aliphatic carbocycles. The van der Waals surface area contributed by atoms with E-state index in [9.17, 15) is 24.6 Å². The van der Waals surface area contributed by atoms with Crippen molar-refractivity contribution in [1.82, 2.24) is 14.8 Å². The average molecular weight is 622 g/mol. The number of nitrogens with zero attached hydrogens (tertiary/aromatic N) is 2. The molecule has 1 aromatic heterocycles. The highest BCUT2D eigenvalue weighted by molar-refractivity contribution is 6.11. The summed E-state index contributed by atoms with van der Waals surface area (Å²) in [7, 11) is 0. The van der Waals surface area contributed by atoms with Crippen LogP contribution in [0.1, 0.15) is 124 Å². The quantitative estimate of drug-likeness (QED) is 0.0983. The number of carboxylic acids is 2. The molecular formula is C37H55N3O5. The van der Waals surface area contributed by atoms with E-state index in [4.69, 9.17) is 0 Å². The van der Waals surface area contributed by atoms with Crippen molar-refractivity contribution in [2.75, 3.05) is 39.3 Å². The fraction of sp³-hybridized carbons (Fsp3) is 0.595. The summed E-state index contributed by atoms with van der Waals surface area (Å²) in [5, 5.41) is 21.8. The highest BCUT2D eigenvalue weighted by atomic mass is 16.4. The van der Waals surface area contributed by atoms with E-state index >= 15 is 0 Å². The lowest BCUT2D eigenvalue weighted by atomic mass is 9.88. The standard InChI is InChI=1S/C37H55N3O5/c1-5-9-19-39(20-10-6-2)23-13-15-28-29(16-14-24-40(21-11-7-3)22-12-8-4)34-30-18-17-27(36(42)43)25-31(30)35(41)38-33(34)26-32(28)37(44)45/h17-18,25-26H,5-16,19-24H2,1-4H3,(H,38,41)(H,42,43)(H,44,45). The predicted octanol–water partition coefficient (Wildman–Crippen LogP) is 7.75. The first-order chi connectivity index (χ1) is 21.7. The number of aromatic amines is 1. The number of carboxylic acid groups (broad SMARTS) is 2. The number of aryl methyl sites for hydroxylation is 1. The molecule has 3 aromatic rings.